The number of furan rings is 1. The standard InChI is InChI=1S/C11H11BrN2O3/c1-16-6-4-14-10(8(12)7-13-14)11(15)9-3-2-5-17-9/h2-3,5,7H,4,6H2,1H3. The van der Waals surface area contributed by atoms with Gasteiger partial charge in [0.15, 0.2) is 5.76 Å². The molecule has 0 saturated carbocycles. The summed E-state index contributed by atoms with van der Waals surface area (Å²) in [5.41, 5.74) is 0.469. The van der Waals surface area contributed by atoms with Crippen LogP contribution < -0.4 is 0 Å². The van der Waals surface area contributed by atoms with Crippen molar-refractivity contribution < 1.29 is 13.9 Å². The number of hydrogen-bond acceptors (Lipinski definition) is 4. The molecule has 0 aliphatic rings. The molecule has 0 aliphatic heterocycles. The summed E-state index contributed by atoms with van der Waals surface area (Å²) < 4.78 is 12.3. The van der Waals surface area contributed by atoms with E-state index >= 15 is 0 Å². The van der Waals surface area contributed by atoms with Gasteiger partial charge in [0.25, 0.3) is 0 Å². The van der Waals surface area contributed by atoms with Gasteiger partial charge in [0, 0.05) is 7.11 Å². The van der Waals surface area contributed by atoms with Crippen LogP contribution in [-0.2, 0) is 11.3 Å². The van der Waals surface area contributed by atoms with Crippen LogP contribution >= 0.6 is 15.9 Å². The van der Waals surface area contributed by atoms with Crippen LogP contribution in [0.5, 0.6) is 0 Å². The normalized spacial score (nSPS) is 10.7. The van der Waals surface area contributed by atoms with E-state index in [1.807, 2.05) is 0 Å². The molecule has 0 spiro atoms. The molecule has 2 heterocycles. The van der Waals surface area contributed by atoms with Gasteiger partial charge >= 0.3 is 0 Å². The second kappa shape index (κ2) is 5.29. The zero-order valence-electron chi connectivity index (χ0n) is 9.22. The molecule has 2 rings (SSSR count). The summed E-state index contributed by atoms with van der Waals surface area (Å²) in [5.74, 6) is 0.0975. The van der Waals surface area contributed by atoms with Crippen molar-refractivity contribution in [3.05, 3.63) is 40.5 Å². The molecule has 0 N–H and O–H groups in total. The van der Waals surface area contributed by atoms with Gasteiger partial charge in [0.2, 0.25) is 5.78 Å². The van der Waals surface area contributed by atoms with Crippen molar-refractivity contribution in [3.8, 4) is 0 Å². The molecule has 0 fully saturated rings. The molecule has 6 heteroatoms. The van der Waals surface area contributed by atoms with Crippen molar-refractivity contribution in [2.24, 2.45) is 0 Å². The predicted octanol–water partition coefficient (Wildman–Crippen LogP) is 2.12. The third-order valence-electron chi connectivity index (χ3n) is 2.26. The Balaban J connectivity index is 2.31. The summed E-state index contributed by atoms with van der Waals surface area (Å²) in [6.07, 6.45) is 3.06. The molecule has 0 aromatic carbocycles. The number of hydrogen-bond donors (Lipinski definition) is 0. The number of carbonyl (C=O) groups is 1. The summed E-state index contributed by atoms with van der Waals surface area (Å²) in [7, 11) is 1.60. The highest BCUT2D eigenvalue weighted by Gasteiger charge is 2.20. The predicted molar refractivity (Wildman–Crippen MR) is 63.9 cm³/mol. The largest absolute Gasteiger partial charge is 0.461 e. The van der Waals surface area contributed by atoms with Gasteiger partial charge in [-0.25, -0.2) is 0 Å². The molecule has 0 unspecified atom stereocenters. The molecule has 2 aromatic heterocycles. The average Bonchev–Trinajstić information content (AvgIpc) is 2.95. The minimum absolute atomic E-state index is 0.199. The molecule has 0 aliphatic carbocycles. The van der Waals surface area contributed by atoms with Gasteiger partial charge in [0.05, 0.1) is 30.1 Å². The first-order valence-electron chi connectivity index (χ1n) is 5.02. The first-order chi connectivity index (χ1) is 8.24. The Hall–Kier alpha value is -1.40. The quantitative estimate of drug-likeness (QED) is 0.794. The number of nitrogens with zero attached hydrogens (tertiary/aromatic N) is 2. The van der Waals surface area contributed by atoms with Crippen molar-refractivity contribution in [2.75, 3.05) is 13.7 Å². The number of ether oxygens (including phenoxy) is 1. The molecule has 0 saturated heterocycles. The highest BCUT2D eigenvalue weighted by atomic mass is 79.9. The van der Waals surface area contributed by atoms with Gasteiger partial charge in [-0.1, -0.05) is 0 Å². The molecule has 0 radical (unpaired) electrons. The number of ketones is 1. The van der Waals surface area contributed by atoms with Crippen LogP contribution in [0.4, 0.5) is 0 Å². The lowest BCUT2D eigenvalue weighted by Crippen LogP contribution is -2.14. The first-order valence-corrected chi connectivity index (χ1v) is 5.81. The second-order valence-electron chi connectivity index (χ2n) is 3.36. The lowest BCUT2D eigenvalue weighted by molar-refractivity contribution is 0.0994. The number of carbonyl (C=O) groups excluding carboxylic acids is 1. The monoisotopic (exact) mass is 298 g/mol. The lowest BCUT2D eigenvalue weighted by atomic mass is 10.2. The third kappa shape index (κ3) is 2.48. The number of halogens is 1. The molecule has 0 atom stereocenters. The molecule has 90 valence electrons. The van der Waals surface area contributed by atoms with Gasteiger partial charge in [-0.05, 0) is 28.1 Å². The van der Waals surface area contributed by atoms with E-state index in [1.165, 1.54) is 6.26 Å². The lowest BCUT2D eigenvalue weighted by Gasteiger charge is -2.05. The van der Waals surface area contributed by atoms with Gasteiger partial charge in [-0.15, -0.1) is 0 Å². The van der Waals surface area contributed by atoms with E-state index in [9.17, 15) is 4.79 Å². The van der Waals surface area contributed by atoms with Gasteiger partial charge < -0.3 is 9.15 Å². The van der Waals surface area contributed by atoms with Gasteiger partial charge in [-0.2, -0.15) is 5.10 Å². The smallest absolute Gasteiger partial charge is 0.247 e. The van der Waals surface area contributed by atoms with Crippen LogP contribution in [0.25, 0.3) is 0 Å². The van der Waals surface area contributed by atoms with E-state index in [0.717, 1.165) is 0 Å². The zero-order chi connectivity index (χ0) is 12.3. The number of aromatic nitrogens is 2. The van der Waals surface area contributed by atoms with Crippen LogP contribution in [0, 0.1) is 0 Å². The van der Waals surface area contributed by atoms with Gasteiger partial charge in [0.1, 0.15) is 5.69 Å². The summed E-state index contributed by atoms with van der Waals surface area (Å²) in [6.45, 7) is 1.01. The number of methoxy groups -OCH3 is 1. The van der Waals surface area contributed by atoms with Crippen LogP contribution in [-0.4, -0.2) is 29.3 Å². The van der Waals surface area contributed by atoms with Crippen molar-refractivity contribution >= 4 is 21.7 Å². The van der Waals surface area contributed by atoms with Crippen molar-refractivity contribution in [2.45, 2.75) is 6.54 Å². The molecule has 0 amide bonds. The zero-order valence-corrected chi connectivity index (χ0v) is 10.8. The van der Waals surface area contributed by atoms with E-state index in [0.29, 0.717) is 29.1 Å². The maximum atomic E-state index is 12.1. The summed E-state index contributed by atoms with van der Waals surface area (Å²) in [5, 5.41) is 4.11. The molecule has 0 bridgehead atoms. The topological polar surface area (TPSA) is 57.3 Å². The maximum absolute atomic E-state index is 12.1. The Morgan fingerprint density at radius 1 is 1.65 bits per heavy atom. The van der Waals surface area contributed by atoms with Crippen molar-refractivity contribution in [3.63, 3.8) is 0 Å². The fourth-order valence-corrected chi connectivity index (χ4v) is 1.94. The summed E-state index contributed by atoms with van der Waals surface area (Å²) in [6, 6.07) is 3.30. The van der Waals surface area contributed by atoms with Gasteiger partial charge in [-0.3, -0.25) is 9.48 Å². The van der Waals surface area contributed by atoms with Crippen LogP contribution in [0.15, 0.2) is 33.5 Å². The summed E-state index contributed by atoms with van der Waals surface area (Å²) >= 11 is 3.31. The Kier molecular flexibility index (Phi) is 3.75. The van der Waals surface area contributed by atoms with Crippen LogP contribution in [0.1, 0.15) is 16.2 Å². The Morgan fingerprint density at radius 3 is 3.12 bits per heavy atom. The molecule has 17 heavy (non-hydrogen) atoms. The second-order valence-corrected chi connectivity index (χ2v) is 4.22. The Labute approximate surface area is 106 Å². The number of rotatable bonds is 5. The molecule has 5 nitrogen and oxygen atoms in total. The highest BCUT2D eigenvalue weighted by molar-refractivity contribution is 9.10. The average molecular weight is 299 g/mol. The van der Waals surface area contributed by atoms with E-state index in [-0.39, 0.29) is 5.78 Å². The van der Waals surface area contributed by atoms with Crippen LogP contribution in [0.3, 0.4) is 0 Å². The molecular formula is C11H11BrN2O3. The molecule has 2 aromatic rings. The summed E-state index contributed by atoms with van der Waals surface area (Å²) in [4.78, 5) is 12.1. The van der Waals surface area contributed by atoms with E-state index in [1.54, 1.807) is 30.1 Å². The van der Waals surface area contributed by atoms with E-state index in [2.05, 4.69) is 21.0 Å². The third-order valence-corrected chi connectivity index (χ3v) is 2.84. The Morgan fingerprint density at radius 2 is 2.47 bits per heavy atom. The minimum atomic E-state index is -0.199. The fourth-order valence-electron chi connectivity index (χ4n) is 1.46. The highest BCUT2D eigenvalue weighted by Crippen LogP contribution is 2.20. The van der Waals surface area contributed by atoms with Crippen LogP contribution in [0.2, 0.25) is 0 Å². The van der Waals surface area contributed by atoms with E-state index < -0.39 is 0 Å². The molecular weight excluding hydrogens is 288 g/mol. The Bertz CT molecular complexity index is 505. The van der Waals surface area contributed by atoms with E-state index in [4.69, 9.17) is 9.15 Å². The fraction of sp³-hybridized carbons (Fsp3) is 0.273. The van der Waals surface area contributed by atoms with Crippen molar-refractivity contribution in [1.29, 1.82) is 0 Å². The SMILES string of the molecule is COCCn1ncc(Br)c1C(=O)c1ccco1. The maximum Gasteiger partial charge on any atom is 0.247 e. The van der Waals surface area contributed by atoms with Crippen molar-refractivity contribution in [1.82, 2.24) is 9.78 Å². The first kappa shape index (κ1) is 12.1. The minimum Gasteiger partial charge on any atom is -0.461 e.